The first-order chi connectivity index (χ1) is 9.86. The zero-order valence-corrected chi connectivity index (χ0v) is 12.6. The summed E-state index contributed by atoms with van der Waals surface area (Å²) >= 11 is 0. The van der Waals surface area contributed by atoms with Crippen molar-refractivity contribution in [2.24, 2.45) is 0 Å². The molecule has 3 heterocycles. The van der Waals surface area contributed by atoms with Gasteiger partial charge in [-0.3, -0.25) is 0 Å². The molecular formula is C15H27N5. The lowest BCUT2D eigenvalue weighted by molar-refractivity contribution is 0.196. The highest BCUT2D eigenvalue weighted by Gasteiger charge is 2.20. The van der Waals surface area contributed by atoms with Crippen LogP contribution in [-0.4, -0.2) is 45.3 Å². The Morgan fingerprint density at radius 1 is 1.15 bits per heavy atom. The molecule has 1 saturated heterocycles. The number of nitrogens with one attached hydrogen (secondary N) is 1. The monoisotopic (exact) mass is 277 g/mol. The third-order valence-corrected chi connectivity index (χ3v) is 4.61. The number of fused-ring (bicyclic) bond motifs is 1. The molecular weight excluding hydrogens is 250 g/mol. The summed E-state index contributed by atoms with van der Waals surface area (Å²) in [5.41, 5.74) is 0. The summed E-state index contributed by atoms with van der Waals surface area (Å²) in [5, 5.41) is 12.4. The van der Waals surface area contributed by atoms with Crippen LogP contribution in [0, 0.1) is 0 Å². The van der Waals surface area contributed by atoms with Gasteiger partial charge >= 0.3 is 0 Å². The minimum Gasteiger partial charge on any atom is -0.314 e. The van der Waals surface area contributed by atoms with E-state index in [1.807, 2.05) is 0 Å². The largest absolute Gasteiger partial charge is 0.314 e. The smallest absolute Gasteiger partial charge is 0.147 e. The van der Waals surface area contributed by atoms with E-state index in [9.17, 15) is 0 Å². The van der Waals surface area contributed by atoms with Crippen molar-refractivity contribution >= 4 is 0 Å². The normalized spacial score (nSPS) is 21.1. The van der Waals surface area contributed by atoms with Crippen molar-refractivity contribution in [1.82, 2.24) is 25.0 Å². The van der Waals surface area contributed by atoms with Crippen molar-refractivity contribution in [3.63, 3.8) is 0 Å². The van der Waals surface area contributed by atoms with Crippen LogP contribution in [-0.2, 0) is 19.5 Å². The maximum atomic E-state index is 4.37. The highest BCUT2D eigenvalue weighted by Crippen LogP contribution is 2.15. The SMILES string of the molecule is CCCN1CCC(NCc2nnc3n2CCCC3)CC1. The number of likely N-dealkylation sites (tertiary alicyclic amines) is 1. The molecule has 2 aliphatic heterocycles. The van der Waals surface area contributed by atoms with E-state index < -0.39 is 0 Å². The lowest BCUT2D eigenvalue weighted by Crippen LogP contribution is -2.42. The van der Waals surface area contributed by atoms with Crippen molar-refractivity contribution in [1.29, 1.82) is 0 Å². The molecule has 0 spiro atoms. The summed E-state index contributed by atoms with van der Waals surface area (Å²) in [6.45, 7) is 7.98. The molecule has 0 atom stereocenters. The maximum Gasteiger partial charge on any atom is 0.147 e. The van der Waals surface area contributed by atoms with Gasteiger partial charge in [-0.25, -0.2) is 0 Å². The lowest BCUT2D eigenvalue weighted by atomic mass is 10.0. The number of nitrogens with zero attached hydrogens (tertiary/aromatic N) is 4. The minimum absolute atomic E-state index is 0.652. The Labute approximate surface area is 121 Å². The van der Waals surface area contributed by atoms with Crippen LogP contribution in [0.15, 0.2) is 0 Å². The van der Waals surface area contributed by atoms with E-state index in [2.05, 4.69) is 31.9 Å². The molecule has 0 saturated carbocycles. The van der Waals surface area contributed by atoms with Gasteiger partial charge in [0.2, 0.25) is 0 Å². The quantitative estimate of drug-likeness (QED) is 0.887. The highest BCUT2D eigenvalue weighted by atomic mass is 15.3. The fraction of sp³-hybridized carbons (Fsp3) is 0.867. The maximum absolute atomic E-state index is 4.37. The molecule has 0 aromatic carbocycles. The molecule has 0 aliphatic carbocycles. The average Bonchev–Trinajstić information content (AvgIpc) is 2.90. The number of piperidine rings is 1. The topological polar surface area (TPSA) is 46.0 Å². The van der Waals surface area contributed by atoms with Crippen LogP contribution in [0.1, 0.15) is 50.7 Å². The predicted octanol–water partition coefficient (Wildman–Crippen LogP) is 1.58. The number of rotatable bonds is 5. The van der Waals surface area contributed by atoms with Crippen LogP contribution >= 0.6 is 0 Å². The van der Waals surface area contributed by atoms with Crippen molar-refractivity contribution in [2.75, 3.05) is 19.6 Å². The van der Waals surface area contributed by atoms with Gasteiger partial charge in [-0.1, -0.05) is 6.92 Å². The fourth-order valence-corrected chi connectivity index (χ4v) is 3.41. The molecule has 5 heteroatoms. The molecule has 1 fully saturated rings. The molecule has 0 bridgehead atoms. The molecule has 2 aliphatic rings. The summed E-state index contributed by atoms with van der Waals surface area (Å²) in [6.07, 6.45) is 7.43. The number of hydrogen-bond donors (Lipinski definition) is 1. The number of hydrogen-bond acceptors (Lipinski definition) is 4. The zero-order chi connectivity index (χ0) is 13.8. The van der Waals surface area contributed by atoms with E-state index in [1.165, 1.54) is 57.6 Å². The Hall–Kier alpha value is -0.940. The molecule has 112 valence electrons. The summed E-state index contributed by atoms with van der Waals surface area (Å²) in [6, 6.07) is 0.652. The Balaban J connectivity index is 1.47. The van der Waals surface area contributed by atoms with E-state index >= 15 is 0 Å². The number of aromatic nitrogens is 3. The Bertz CT molecular complexity index is 420. The van der Waals surface area contributed by atoms with Crippen LogP contribution in [0.2, 0.25) is 0 Å². The van der Waals surface area contributed by atoms with Crippen molar-refractivity contribution < 1.29 is 0 Å². The van der Waals surface area contributed by atoms with Crippen LogP contribution in [0.5, 0.6) is 0 Å². The van der Waals surface area contributed by atoms with Gasteiger partial charge in [0.15, 0.2) is 0 Å². The molecule has 1 N–H and O–H groups in total. The van der Waals surface area contributed by atoms with Crippen molar-refractivity contribution in [2.45, 2.75) is 64.6 Å². The molecule has 0 amide bonds. The van der Waals surface area contributed by atoms with E-state index in [4.69, 9.17) is 0 Å². The first-order valence-corrected chi connectivity index (χ1v) is 8.23. The second kappa shape index (κ2) is 6.68. The Morgan fingerprint density at radius 2 is 2.00 bits per heavy atom. The van der Waals surface area contributed by atoms with Gasteiger partial charge in [0.25, 0.3) is 0 Å². The standard InChI is InChI=1S/C15H27N5/c1-2-8-19-10-6-13(7-11-19)16-12-15-18-17-14-5-3-4-9-20(14)15/h13,16H,2-12H2,1H3. The summed E-state index contributed by atoms with van der Waals surface area (Å²) in [5.74, 6) is 2.32. The van der Waals surface area contributed by atoms with Gasteiger partial charge in [0.1, 0.15) is 11.6 Å². The van der Waals surface area contributed by atoms with Gasteiger partial charge in [0, 0.05) is 19.0 Å². The molecule has 0 unspecified atom stereocenters. The van der Waals surface area contributed by atoms with Crippen LogP contribution in [0.25, 0.3) is 0 Å². The average molecular weight is 277 g/mol. The molecule has 20 heavy (non-hydrogen) atoms. The first kappa shape index (κ1) is 14.0. The van der Waals surface area contributed by atoms with E-state index in [0.29, 0.717) is 6.04 Å². The van der Waals surface area contributed by atoms with Gasteiger partial charge in [-0.05, 0) is 51.7 Å². The third-order valence-electron chi connectivity index (χ3n) is 4.61. The van der Waals surface area contributed by atoms with Gasteiger partial charge in [-0.2, -0.15) is 0 Å². The second-order valence-electron chi connectivity index (χ2n) is 6.14. The van der Waals surface area contributed by atoms with Gasteiger partial charge in [0.05, 0.1) is 6.54 Å². The van der Waals surface area contributed by atoms with E-state index in [0.717, 1.165) is 25.3 Å². The summed E-state index contributed by atoms with van der Waals surface area (Å²) in [4.78, 5) is 2.58. The first-order valence-electron chi connectivity index (χ1n) is 8.23. The van der Waals surface area contributed by atoms with E-state index in [-0.39, 0.29) is 0 Å². The highest BCUT2D eigenvalue weighted by molar-refractivity contribution is 4.99. The third kappa shape index (κ3) is 3.20. The molecule has 5 nitrogen and oxygen atoms in total. The van der Waals surface area contributed by atoms with Gasteiger partial charge < -0.3 is 14.8 Å². The molecule has 1 aromatic rings. The minimum atomic E-state index is 0.652. The summed E-state index contributed by atoms with van der Waals surface area (Å²) in [7, 11) is 0. The number of aryl methyl sites for hydroxylation is 1. The Morgan fingerprint density at radius 3 is 2.80 bits per heavy atom. The fourth-order valence-electron chi connectivity index (χ4n) is 3.41. The van der Waals surface area contributed by atoms with Crippen molar-refractivity contribution in [3.05, 3.63) is 11.6 Å². The lowest BCUT2D eigenvalue weighted by Gasteiger charge is -2.32. The molecule has 0 radical (unpaired) electrons. The second-order valence-corrected chi connectivity index (χ2v) is 6.14. The Kier molecular flexibility index (Phi) is 4.68. The van der Waals surface area contributed by atoms with Crippen LogP contribution < -0.4 is 5.32 Å². The predicted molar refractivity (Wildman–Crippen MR) is 79.6 cm³/mol. The zero-order valence-electron chi connectivity index (χ0n) is 12.6. The van der Waals surface area contributed by atoms with Crippen LogP contribution in [0.3, 0.4) is 0 Å². The molecule has 3 rings (SSSR count). The van der Waals surface area contributed by atoms with E-state index in [1.54, 1.807) is 0 Å². The summed E-state index contributed by atoms with van der Waals surface area (Å²) < 4.78 is 2.32. The van der Waals surface area contributed by atoms with Crippen molar-refractivity contribution in [3.8, 4) is 0 Å². The van der Waals surface area contributed by atoms with Crippen LogP contribution in [0.4, 0.5) is 0 Å². The van der Waals surface area contributed by atoms with Gasteiger partial charge in [-0.15, -0.1) is 10.2 Å². The molecule has 1 aromatic heterocycles.